The zero-order valence-corrected chi connectivity index (χ0v) is 14.0. The second kappa shape index (κ2) is 7.22. The van der Waals surface area contributed by atoms with Crippen molar-refractivity contribution >= 4 is 27.8 Å². The molecule has 6 heteroatoms. The molecule has 0 spiro atoms. The first-order chi connectivity index (χ1) is 10.4. The Bertz CT molecular complexity index is 579. The van der Waals surface area contributed by atoms with Crippen molar-refractivity contribution in [1.29, 1.82) is 0 Å². The van der Waals surface area contributed by atoms with E-state index >= 15 is 0 Å². The van der Waals surface area contributed by atoms with Gasteiger partial charge in [-0.3, -0.25) is 9.59 Å². The van der Waals surface area contributed by atoms with E-state index in [1.54, 1.807) is 17.0 Å². The second-order valence-corrected chi connectivity index (χ2v) is 6.67. The number of halogens is 2. The lowest BCUT2D eigenvalue weighted by molar-refractivity contribution is -0.146. The maximum Gasteiger partial charge on any atom is 0.308 e. The third kappa shape index (κ3) is 4.06. The fourth-order valence-corrected chi connectivity index (χ4v) is 3.22. The van der Waals surface area contributed by atoms with Crippen molar-refractivity contribution in [1.82, 2.24) is 4.90 Å². The monoisotopic (exact) mass is 371 g/mol. The highest BCUT2D eigenvalue weighted by molar-refractivity contribution is 9.10. The number of aliphatic carboxylic acids is 1. The molecule has 1 saturated heterocycles. The lowest BCUT2D eigenvalue weighted by atomic mass is 9.95. The van der Waals surface area contributed by atoms with Gasteiger partial charge in [0.2, 0.25) is 5.91 Å². The van der Waals surface area contributed by atoms with Crippen molar-refractivity contribution in [2.45, 2.75) is 26.2 Å². The van der Waals surface area contributed by atoms with E-state index in [9.17, 15) is 14.0 Å². The zero-order chi connectivity index (χ0) is 16.3. The van der Waals surface area contributed by atoms with E-state index in [-0.39, 0.29) is 24.2 Å². The van der Waals surface area contributed by atoms with E-state index in [2.05, 4.69) is 15.9 Å². The van der Waals surface area contributed by atoms with Crippen molar-refractivity contribution in [2.24, 2.45) is 11.8 Å². The van der Waals surface area contributed by atoms with E-state index in [1.807, 2.05) is 6.92 Å². The molecule has 0 bridgehead atoms. The first-order valence-corrected chi connectivity index (χ1v) is 8.13. The van der Waals surface area contributed by atoms with E-state index < -0.39 is 11.9 Å². The van der Waals surface area contributed by atoms with Gasteiger partial charge in [-0.05, 0) is 52.9 Å². The molecule has 4 nitrogen and oxygen atoms in total. The van der Waals surface area contributed by atoms with Crippen LogP contribution in [0.1, 0.15) is 25.3 Å². The van der Waals surface area contributed by atoms with Crippen molar-refractivity contribution in [3.8, 4) is 0 Å². The molecule has 1 heterocycles. The van der Waals surface area contributed by atoms with Gasteiger partial charge in [-0.2, -0.15) is 0 Å². The van der Waals surface area contributed by atoms with Gasteiger partial charge in [0.15, 0.2) is 0 Å². The molecule has 1 aromatic rings. The molecule has 0 saturated carbocycles. The van der Waals surface area contributed by atoms with Gasteiger partial charge in [-0.25, -0.2) is 4.39 Å². The average Bonchev–Trinajstić information content (AvgIpc) is 2.50. The summed E-state index contributed by atoms with van der Waals surface area (Å²) in [5, 5.41) is 9.09. The van der Waals surface area contributed by atoms with Gasteiger partial charge in [0, 0.05) is 19.0 Å². The molecule has 2 rings (SSSR count). The predicted octanol–water partition coefficient (Wildman–Crippen LogP) is 3.09. The van der Waals surface area contributed by atoms with Gasteiger partial charge in [-0.15, -0.1) is 0 Å². The van der Waals surface area contributed by atoms with Crippen LogP contribution < -0.4 is 0 Å². The number of nitrogens with zero attached hydrogens (tertiary/aromatic N) is 1. The number of likely N-dealkylation sites (tertiary alicyclic amines) is 1. The Morgan fingerprint density at radius 2 is 2.23 bits per heavy atom. The Morgan fingerprint density at radius 1 is 1.50 bits per heavy atom. The van der Waals surface area contributed by atoms with Gasteiger partial charge in [-0.1, -0.05) is 13.0 Å². The summed E-state index contributed by atoms with van der Waals surface area (Å²) in [5.41, 5.74) is 0.876. The maximum atomic E-state index is 13.2. The first-order valence-electron chi connectivity index (χ1n) is 7.34. The number of hydrogen-bond donors (Lipinski definition) is 1. The smallest absolute Gasteiger partial charge is 0.308 e. The summed E-state index contributed by atoms with van der Waals surface area (Å²) in [6.45, 7) is 2.72. The number of hydrogen-bond acceptors (Lipinski definition) is 2. The number of rotatable bonds is 4. The van der Waals surface area contributed by atoms with Crippen LogP contribution in [0.3, 0.4) is 0 Å². The fourth-order valence-electron chi connectivity index (χ4n) is 2.80. The molecule has 1 N–H and O–H groups in total. The fraction of sp³-hybridized carbons (Fsp3) is 0.500. The molecule has 1 aliphatic heterocycles. The van der Waals surface area contributed by atoms with Crippen LogP contribution in [0, 0.1) is 17.7 Å². The molecular formula is C16H19BrFNO3. The first kappa shape index (κ1) is 16.9. The molecule has 120 valence electrons. The molecular weight excluding hydrogens is 353 g/mol. The highest BCUT2D eigenvalue weighted by atomic mass is 79.9. The summed E-state index contributed by atoms with van der Waals surface area (Å²) in [5.74, 6) is -1.93. The van der Waals surface area contributed by atoms with Crippen LogP contribution in [0.2, 0.25) is 0 Å². The summed E-state index contributed by atoms with van der Waals surface area (Å²) in [4.78, 5) is 25.2. The van der Waals surface area contributed by atoms with Gasteiger partial charge in [0.1, 0.15) is 5.82 Å². The van der Waals surface area contributed by atoms with Crippen LogP contribution in [0.4, 0.5) is 4.39 Å². The molecule has 1 amide bonds. The second-order valence-electron chi connectivity index (χ2n) is 5.82. The Kier molecular flexibility index (Phi) is 5.56. The largest absolute Gasteiger partial charge is 0.481 e. The van der Waals surface area contributed by atoms with E-state index in [1.165, 1.54) is 6.07 Å². The Labute approximate surface area is 137 Å². The normalized spacial score (nSPS) is 19.8. The van der Waals surface area contributed by atoms with Crippen LogP contribution in [-0.2, 0) is 16.0 Å². The maximum absolute atomic E-state index is 13.2. The third-order valence-corrected chi connectivity index (χ3v) is 4.64. The molecule has 0 unspecified atom stereocenters. The Morgan fingerprint density at radius 3 is 2.86 bits per heavy atom. The molecule has 0 aliphatic carbocycles. The number of carbonyl (C=O) groups excluding carboxylic acids is 1. The minimum absolute atomic E-state index is 0.0357. The van der Waals surface area contributed by atoms with Crippen molar-refractivity contribution in [3.05, 3.63) is 34.1 Å². The number of carbonyl (C=O) groups is 2. The van der Waals surface area contributed by atoms with Crippen LogP contribution in [0.5, 0.6) is 0 Å². The Hall–Kier alpha value is -1.43. The van der Waals surface area contributed by atoms with Crippen LogP contribution >= 0.6 is 15.9 Å². The summed E-state index contributed by atoms with van der Waals surface area (Å²) in [6.07, 6.45) is 1.85. The summed E-state index contributed by atoms with van der Waals surface area (Å²) in [6, 6.07) is 4.72. The molecule has 1 fully saturated rings. The predicted molar refractivity (Wildman–Crippen MR) is 83.9 cm³/mol. The summed E-state index contributed by atoms with van der Waals surface area (Å²) < 4.78 is 13.6. The summed E-state index contributed by atoms with van der Waals surface area (Å²) in [7, 11) is 0. The minimum Gasteiger partial charge on any atom is -0.481 e. The van der Waals surface area contributed by atoms with Crippen LogP contribution in [0.15, 0.2) is 22.7 Å². The number of benzene rings is 1. The van der Waals surface area contributed by atoms with Gasteiger partial charge in [0.05, 0.1) is 10.4 Å². The SMILES string of the molecule is C[C@@H](Cc1ccc(F)c(Br)c1)C(=O)N1CCC[C@H](C(=O)O)C1. The van der Waals surface area contributed by atoms with Crippen LogP contribution in [0.25, 0.3) is 0 Å². The van der Waals surface area contributed by atoms with Gasteiger partial charge in [0.25, 0.3) is 0 Å². The minimum atomic E-state index is -0.840. The number of amides is 1. The standard InChI is InChI=1S/C16H19BrFNO3/c1-10(7-11-4-5-14(18)13(17)8-11)15(20)19-6-2-3-12(9-19)16(21)22/h4-5,8,10,12H,2-3,6-7,9H2,1H3,(H,21,22)/t10-,12-/m0/s1. The highest BCUT2D eigenvalue weighted by Gasteiger charge is 2.30. The molecule has 2 atom stereocenters. The van der Waals surface area contributed by atoms with Gasteiger partial charge < -0.3 is 10.0 Å². The number of piperidine rings is 1. The van der Waals surface area contributed by atoms with Crippen molar-refractivity contribution in [3.63, 3.8) is 0 Å². The van der Waals surface area contributed by atoms with E-state index in [4.69, 9.17) is 5.11 Å². The quantitative estimate of drug-likeness (QED) is 0.884. The Balaban J connectivity index is 1.99. The molecule has 22 heavy (non-hydrogen) atoms. The average molecular weight is 372 g/mol. The number of carboxylic acid groups (broad SMARTS) is 1. The number of carboxylic acids is 1. The third-order valence-electron chi connectivity index (χ3n) is 4.03. The van der Waals surface area contributed by atoms with Crippen molar-refractivity contribution < 1.29 is 19.1 Å². The molecule has 0 aromatic heterocycles. The lowest BCUT2D eigenvalue weighted by Crippen LogP contribution is -2.44. The van der Waals surface area contributed by atoms with E-state index in [0.717, 1.165) is 12.0 Å². The zero-order valence-electron chi connectivity index (χ0n) is 12.4. The van der Waals surface area contributed by atoms with Crippen molar-refractivity contribution in [2.75, 3.05) is 13.1 Å². The van der Waals surface area contributed by atoms with E-state index in [0.29, 0.717) is 23.9 Å². The lowest BCUT2D eigenvalue weighted by Gasteiger charge is -2.32. The highest BCUT2D eigenvalue weighted by Crippen LogP contribution is 2.22. The van der Waals surface area contributed by atoms with Crippen LogP contribution in [-0.4, -0.2) is 35.0 Å². The molecule has 1 aliphatic rings. The summed E-state index contributed by atoms with van der Waals surface area (Å²) >= 11 is 3.14. The topological polar surface area (TPSA) is 57.6 Å². The van der Waals surface area contributed by atoms with Gasteiger partial charge >= 0.3 is 5.97 Å². The molecule has 0 radical (unpaired) electrons. The molecule has 1 aromatic carbocycles.